The van der Waals surface area contributed by atoms with Gasteiger partial charge in [0.25, 0.3) is 0 Å². The van der Waals surface area contributed by atoms with E-state index >= 15 is 0 Å². The number of rotatable bonds is 7. The lowest BCUT2D eigenvalue weighted by Crippen LogP contribution is -2.40. The lowest BCUT2D eigenvalue weighted by Gasteiger charge is -2.23. The fourth-order valence-electron chi connectivity index (χ4n) is 2.94. The predicted molar refractivity (Wildman–Crippen MR) is 89.5 cm³/mol. The van der Waals surface area contributed by atoms with Gasteiger partial charge in [0.2, 0.25) is 5.91 Å². The molecule has 0 bridgehead atoms. The maximum Gasteiger partial charge on any atom is 0.222 e. The molecule has 2 aromatic rings. The molecule has 1 aliphatic rings. The van der Waals surface area contributed by atoms with Crippen LogP contribution < -0.4 is 4.74 Å². The first kappa shape index (κ1) is 17.4. The van der Waals surface area contributed by atoms with E-state index in [0.29, 0.717) is 38.1 Å². The fraction of sp³-hybridized carbons (Fsp3) is 0.444. The van der Waals surface area contributed by atoms with Crippen molar-refractivity contribution in [3.63, 3.8) is 0 Å². The summed E-state index contributed by atoms with van der Waals surface area (Å²) in [7, 11) is 0. The number of β-amino-alcohol motifs (C(OH)–C–C–N with tert-alkyl or cyclic N) is 1. The van der Waals surface area contributed by atoms with Gasteiger partial charge in [-0.25, -0.2) is 4.39 Å². The Balaban J connectivity index is 1.44. The molecule has 0 saturated carbocycles. The van der Waals surface area contributed by atoms with Gasteiger partial charge in [0.05, 0.1) is 6.54 Å². The average molecular weight is 347 g/mol. The first-order valence-corrected chi connectivity index (χ1v) is 8.40. The molecule has 1 amide bonds. The van der Waals surface area contributed by atoms with Crippen molar-refractivity contribution in [3.8, 4) is 5.75 Å². The number of carbonyl (C=O) groups is 1. The zero-order valence-corrected chi connectivity index (χ0v) is 14.0. The topological polar surface area (TPSA) is 67.6 Å². The molecule has 2 heterocycles. The lowest BCUT2D eigenvalue weighted by atomic mass is 10.1. The van der Waals surface area contributed by atoms with Crippen LogP contribution in [0.25, 0.3) is 0 Å². The molecule has 25 heavy (non-hydrogen) atoms. The molecule has 1 unspecified atom stereocenters. The average Bonchev–Trinajstić information content (AvgIpc) is 3.23. The maximum atomic E-state index is 13.1. The number of likely N-dealkylation sites (tertiary alicyclic amines) is 1. The number of aryl methyl sites for hydroxylation is 1. The highest BCUT2D eigenvalue weighted by atomic mass is 19.1. The lowest BCUT2D eigenvalue weighted by molar-refractivity contribution is -0.131. The van der Waals surface area contributed by atoms with E-state index in [1.807, 2.05) is 12.3 Å². The Kier molecular flexibility index (Phi) is 5.33. The molecule has 1 fully saturated rings. The molecule has 1 saturated heterocycles. The van der Waals surface area contributed by atoms with Gasteiger partial charge in [-0.05, 0) is 31.0 Å². The summed E-state index contributed by atoms with van der Waals surface area (Å²) in [6.45, 7) is 1.47. The van der Waals surface area contributed by atoms with E-state index in [2.05, 4.69) is 5.10 Å². The highest BCUT2D eigenvalue weighted by Crippen LogP contribution is 2.24. The normalized spacial score (nSPS) is 20.0. The van der Waals surface area contributed by atoms with Gasteiger partial charge in [-0.15, -0.1) is 0 Å². The number of carbonyl (C=O) groups excluding carboxylic acids is 1. The van der Waals surface area contributed by atoms with Crippen molar-refractivity contribution in [2.24, 2.45) is 0 Å². The Bertz CT molecular complexity index is 707. The summed E-state index contributed by atoms with van der Waals surface area (Å²) in [5.41, 5.74) is -1.09. The highest BCUT2D eigenvalue weighted by molar-refractivity contribution is 5.76. The zero-order valence-electron chi connectivity index (χ0n) is 14.0. The number of benzene rings is 1. The van der Waals surface area contributed by atoms with Crippen LogP contribution in [0.3, 0.4) is 0 Å². The van der Waals surface area contributed by atoms with Gasteiger partial charge in [0.1, 0.15) is 23.8 Å². The Morgan fingerprint density at radius 1 is 1.40 bits per heavy atom. The minimum absolute atomic E-state index is 0.0221. The molecule has 7 heteroatoms. The minimum atomic E-state index is -1.09. The standard InChI is InChI=1S/C18H22FN3O3/c19-15-4-1-5-16(12-15)25-14-18(24)7-11-21(13-18)17(23)6-2-9-22-10-3-8-20-22/h1,3-5,8,10,12,24H,2,6-7,9,11,13-14H2. The van der Waals surface area contributed by atoms with Gasteiger partial charge < -0.3 is 14.7 Å². The molecule has 1 aromatic carbocycles. The molecule has 0 radical (unpaired) electrons. The first-order chi connectivity index (χ1) is 12.0. The van der Waals surface area contributed by atoms with Crippen LogP contribution in [-0.4, -0.2) is 51.0 Å². The summed E-state index contributed by atoms with van der Waals surface area (Å²) in [5.74, 6) is 0.0103. The van der Waals surface area contributed by atoms with Crippen molar-refractivity contribution in [3.05, 3.63) is 48.5 Å². The highest BCUT2D eigenvalue weighted by Gasteiger charge is 2.38. The number of aromatic nitrogens is 2. The third kappa shape index (κ3) is 4.79. The van der Waals surface area contributed by atoms with Crippen LogP contribution in [-0.2, 0) is 11.3 Å². The van der Waals surface area contributed by atoms with Crippen molar-refractivity contribution in [1.29, 1.82) is 0 Å². The molecule has 3 rings (SSSR count). The van der Waals surface area contributed by atoms with Crippen LogP contribution in [0.15, 0.2) is 42.7 Å². The summed E-state index contributed by atoms with van der Waals surface area (Å²) in [6, 6.07) is 7.65. The molecular formula is C18H22FN3O3. The molecule has 0 spiro atoms. The monoisotopic (exact) mass is 347 g/mol. The summed E-state index contributed by atoms with van der Waals surface area (Å²) >= 11 is 0. The van der Waals surface area contributed by atoms with Crippen LogP contribution in [0.4, 0.5) is 4.39 Å². The molecule has 134 valence electrons. The SMILES string of the molecule is O=C(CCCn1cccn1)N1CCC(O)(COc2cccc(F)c2)C1. The Labute approximate surface area is 145 Å². The number of hydrogen-bond donors (Lipinski definition) is 1. The summed E-state index contributed by atoms with van der Waals surface area (Å²) in [6.07, 6.45) is 5.15. The minimum Gasteiger partial charge on any atom is -0.490 e. The third-order valence-electron chi connectivity index (χ3n) is 4.33. The van der Waals surface area contributed by atoms with Crippen molar-refractivity contribution < 1.29 is 19.0 Å². The van der Waals surface area contributed by atoms with Gasteiger partial charge in [-0.3, -0.25) is 9.48 Å². The molecule has 1 N–H and O–H groups in total. The third-order valence-corrected chi connectivity index (χ3v) is 4.33. The van der Waals surface area contributed by atoms with Crippen LogP contribution >= 0.6 is 0 Å². The molecule has 1 aliphatic heterocycles. The van der Waals surface area contributed by atoms with Crippen LogP contribution in [0.5, 0.6) is 5.75 Å². The van der Waals surface area contributed by atoms with Gasteiger partial charge in [-0.1, -0.05) is 6.07 Å². The van der Waals surface area contributed by atoms with E-state index in [1.165, 1.54) is 12.1 Å². The summed E-state index contributed by atoms with van der Waals surface area (Å²) in [4.78, 5) is 13.9. The quantitative estimate of drug-likeness (QED) is 0.830. The van der Waals surface area contributed by atoms with Crippen molar-refractivity contribution >= 4 is 5.91 Å². The second-order valence-electron chi connectivity index (χ2n) is 6.41. The molecular weight excluding hydrogens is 325 g/mol. The van der Waals surface area contributed by atoms with Crippen molar-refractivity contribution in [1.82, 2.24) is 14.7 Å². The first-order valence-electron chi connectivity index (χ1n) is 8.40. The maximum absolute atomic E-state index is 13.1. The molecule has 6 nitrogen and oxygen atoms in total. The smallest absolute Gasteiger partial charge is 0.222 e. The van der Waals surface area contributed by atoms with E-state index in [1.54, 1.807) is 27.9 Å². The van der Waals surface area contributed by atoms with Gasteiger partial charge in [0, 0.05) is 38.0 Å². The fourth-order valence-corrected chi connectivity index (χ4v) is 2.94. The number of hydrogen-bond acceptors (Lipinski definition) is 4. The van der Waals surface area contributed by atoms with Gasteiger partial charge in [0.15, 0.2) is 0 Å². The molecule has 1 aromatic heterocycles. The second-order valence-corrected chi connectivity index (χ2v) is 6.41. The Hall–Kier alpha value is -2.41. The van der Waals surface area contributed by atoms with Crippen molar-refractivity contribution in [2.75, 3.05) is 19.7 Å². The van der Waals surface area contributed by atoms with Gasteiger partial charge >= 0.3 is 0 Å². The van der Waals surface area contributed by atoms with Gasteiger partial charge in [-0.2, -0.15) is 5.10 Å². The number of amides is 1. The Morgan fingerprint density at radius 3 is 3.04 bits per heavy atom. The number of halogens is 1. The van der Waals surface area contributed by atoms with E-state index < -0.39 is 5.60 Å². The van der Waals surface area contributed by atoms with E-state index in [0.717, 1.165) is 0 Å². The number of aliphatic hydroxyl groups is 1. The molecule has 1 atom stereocenters. The largest absolute Gasteiger partial charge is 0.490 e. The second kappa shape index (κ2) is 7.65. The van der Waals surface area contributed by atoms with E-state index in [9.17, 15) is 14.3 Å². The molecule has 0 aliphatic carbocycles. The van der Waals surface area contributed by atoms with Crippen LogP contribution in [0.2, 0.25) is 0 Å². The van der Waals surface area contributed by atoms with Crippen LogP contribution in [0, 0.1) is 5.82 Å². The van der Waals surface area contributed by atoms with E-state index in [4.69, 9.17) is 4.74 Å². The van der Waals surface area contributed by atoms with Crippen molar-refractivity contribution in [2.45, 2.75) is 31.4 Å². The predicted octanol–water partition coefficient (Wildman–Crippen LogP) is 1.84. The zero-order chi connectivity index (χ0) is 17.7. The number of ether oxygens (including phenoxy) is 1. The summed E-state index contributed by atoms with van der Waals surface area (Å²) in [5, 5.41) is 14.7. The Morgan fingerprint density at radius 2 is 2.28 bits per heavy atom. The van der Waals surface area contributed by atoms with Crippen LogP contribution in [0.1, 0.15) is 19.3 Å². The summed E-state index contributed by atoms with van der Waals surface area (Å²) < 4.78 is 20.4. The van der Waals surface area contributed by atoms with E-state index in [-0.39, 0.29) is 24.9 Å². The number of nitrogens with zero attached hydrogens (tertiary/aromatic N) is 3.